The van der Waals surface area contributed by atoms with Crippen LogP contribution in [0.3, 0.4) is 0 Å². The fourth-order valence-electron chi connectivity index (χ4n) is 2.64. The number of aromatic nitrogens is 1. The van der Waals surface area contributed by atoms with Gasteiger partial charge < -0.3 is 4.42 Å². The predicted octanol–water partition coefficient (Wildman–Crippen LogP) is 3.32. The second kappa shape index (κ2) is 4.58. The van der Waals surface area contributed by atoms with Crippen LogP contribution in [-0.4, -0.2) is 4.98 Å². The number of aryl methyl sites for hydroxylation is 2. The number of furan rings is 1. The smallest absolute Gasteiger partial charge is 0.120 e. The van der Waals surface area contributed by atoms with Gasteiger partial charge in [0, 0.05) is 6.20 Å². The number of nitrogens with one attached hydrogen (secondary N) is 1. The van der Waals surface area contributed by atoms with E-state index in [1.54, 1.807) is 0 Å². The third-order valence-corrected chi connectivity index (χ3v) is 3.60. The van der Waals surface area contributed by atoms with Gasteiger partial charge in [0.05, 0.1) is 17.8 Å². The molecular weight excluding hydrogens is 224 g/mol. The lowest BCUT2D eigenvalue weighted by molar-refractivity contribution is 0.379. The zero-order valence-electron chi connectivity index (χ0n) is 10.8. The van der Waals surface area contributed by atoms with Crippen molar-refractivity contribution in [3.8, 4) is 0 Å². The molecule has 94 valence electrons. The molecule has 0 spiro atoms. The van der Waals surface area contributed by atoms with Crippen molar-refractivity contribution in [3.05, 3.63) is 53.2 Å². The summed E-state index contributed by atoms with van der Waals surface area (Å²) in [4.78, 5) is 4.50. The fourth-order valence-corrected chi connectivity index (χ4v) is 2.64. The summed E-state index contributed by atoms with van der Waals surface area (Å²) in [5.41, 5.74) is 2.57. The van der Waals surface area contributed by atoms with Crippen LogP contribution in [0.1, 0.15) is 48.2 Å². The maximum absolute atomic E-state index is 5.66. The van der Waals surface area contributed by atoms with Crippen molar-refractivity contribution in [2.24, 2.45) is 0 Å². The lowest BCUT2D eigenvalue weighted by atomic mass is 10.1. The van der Waals surface area contributed by atoms with Crippen LogP contribution in [0.25, 0.3) is 0 Å². The Hall–Kier alpha value is -1.61. The van der Waals surface area contributed by atoms with Gasteiger partial charge in [-0.2, -0.15) is 0 Å². The molecule has 18 heavy (non-hydrogen) atoms. The number of pyridine rings is 1. The Bertz CT molecular complexity index is 547. The molecule has 1 N–H and O–H groups in total. The van der Waals surface area contributed by atoms with Gasteiger partial charge in [0.25, 0.3) is 0 Å². The molecule has 3 nitrogen and oxygen atoms in total. The molecular formula is C15H18N2O. The minimum atomic E-state index is 0.219. The maximum atomic E-state index is 5.66. The van der Waals surface area contributed by atoms with Gasteiger partial charge in [0.15, 0.2) is 0 Å². The molecule has 0 saturated carbocycles. The predicted molar refractivity (Wildman–Crippen MR) is 70.3 cm³/mol. The fraction of sp³-hybridized carbons (Fsp3) is 0.400. The number of nitrogens with zero attached hydrogens (tertiary/aromatic N) is 1. The Morgan fingerprint density at radius 1 is 1.39 bits per heavy atom. The molecule has 2 aromatic heterocycles. The van der Waals surface area contributed by atoms with Crippen LogP contribution in [0.15, 0.2) is 34.9 Å². The highest BCUT2D eigenvalue weighted by Crippen LogP contribution is 2.31. The van der Waals surface area contributed by atoms with Gasteiger partial charge in [-0.25, -0.2) is 0 Å². The molecule has 0 fully saturated rings. The van der Waals surface area contributed by atoms with Crippen LogP contribution in [0.4, 0.5) is 0 Å². The second-order valence-electron chi connectivity index (χ2n) is 4.98. The largest absolute Gasteiger partial charge is 0.465 e. The third kappa shape index (κ3) is 2.06. The van der Waals surface area contributed by atoms with E-state index < -0.39 is 0 Å². The van der Waals surface area contributed by atoms with Crippen molar-refractivity contribution >= 4 is 0 Å². The zero-order valence-corrected chi connectivity index (χ0v) is 10.8. The van der Waals surface area contributed by atoms with Gasteiger partial charge in [-0.05, 0) is 50.5 Å². The first-order valence-corrected chi connectivity index (χ1v) is 6.50. The molecule has 0 bridgehead atoms. The first kappa shape index (κ1) is 11.5. The van der Waals surface area contributed by atoms with E-state index in [2.05, 4.69) is 23.3 Å². The summed E-state index contributed by atoms with van der Waals surface area (Å²) >= 11 is 0. The van der Waals surface area contributed by atoms with Crippen molar-refractivity contribution in [1.82, 2.24) is 10.3 Å². The maximum Gasteiger partial charge on any atom is 0.120 e. The molecule has 2 atom stereocenters. The number of rotatable bonds is 3. The quantitative estimate of drug-likeness (QED) is 0.897. The lowest BCUT2D eigenvalue weighted by Gasteiger charge is -2.18. The van der Waals surface area contributed by atoms with E-state index in [4.69, 9.17) is 4.42 Å². The molecule has 0 radical (unpaired) electrons. The Labute approximate surface area is 107 Å². The van der Waals surface area contributed by atoms with Crippen molar-refractivity contribution in [2.45, 2.75) is 38.8 Å². The van der Waals surface area contributed by atoms with Crippen LogP contribution in [0.5, 0.6) is 0 Å². The lowest BCUT2D eigenvalue weighted by Crippen LogP contribution is -2.23. The minimum Gasteiger partial charge on any atom is -0.465 e. The number of hydrogen-bond acceptors (Lipinski definition) is 3. The highest BCUT2D eigenvalue weighted by Gasteiger charge is 2.25. The SMILES string of the molecule is Cc1ccc(C(C)NC2CCc3cccnc32)o1. The summed E-state index contributed by atoms with van der Waals surface area (Å²) in [6.45, 7) is 4.11. The molecule has 3 rings (SSSR count). The van der Waals surface area contributed by atoms with Crippen molar-refractivity contribution in [3.63, 3.8) is 0 Å². The Kier molecular flexibility index (Phi) is 2.92. The standard InChI is InChI=1S/C15H18N2O/c1-10-5-8-14(18-10)11(2)17-13-7-6-12-4-3-9-16-15(12)13/h3-5,8-9,11,13,17H,6-7H2,1-2H3. The van der Waals surface area contributed by atoms with E-state index in [0.717, 1.165) is 24.4 Å². The van der Waals surface area contributed by atoms with Gasteiger partial charge in [0.2, 0.25) is 0 Å². The molecule has 0 aromatic carbocycles. The average molecular weight is 242 g/mol. The summed E-state index contributed by atoms with van der Waals surface area (Å²) in [6.07, 6.45) is 4.11. The Morgan fingerprint density at radius 2 is 2.28 bits per heavy atom. The highest BCUT2D eigenvalue weighted by atomic mass is 16.3. The van der Waals surface area contributed by atoms with Gasteiger partial charge in [-0.3, -0.25) is 10.3 Å². The minimum absolute atomic E-state index is 0.219. The van der Waals surface area contributed by atoms with E-state index >= 15 is 0 Å². The van der Waals surface area contributed by atoms with E-state index in [1.165, 1.54) is 11.3 Å². The van der Waals surface area contributed by atoms with Crippen LogP contribution in [0, 0.1) is 6.92 Å². The molecule has 2 aromatic rings. The monoisotopic (exact) mass is 242 g/mol. The Morgan fingerprint density at radius 3 is 3.06 bits per heavy atom. The number of hydrogen-bond donors (Lipinski definition) is 1. The molecule has 2 heterocycles. The Balaban J connectivity index is 1.75. The van der Waals surface area contributed by atoms with Crippen LogP contribution < -0.4 is 5.32 Å². The molecule has 3 heteroatoms. The van der Waals surface area contributed by atoms with Crippen LogP contribution >= 0.6 is 0 Å². The first-order chi connectivity index (χ1) is 8.74. The normalized spacial score (nSPS) is 19.8. The zero-order chi connectivity index (χ0) is 12.5. The molecule has 1 aliphatic rings. The van der Waals surface area contributed by atoms with Gasteiger partial charge in [0.1, 0.15) is 11.5 Å². The second-order valence-corrected chi connectivity index (χ2v) is 4.98. The summed E-state index contributed by atoms with van der Waals surface area (Å²) in [7, 11) is 0. The van der Waals surface area contributed by atoms with Crippen LogP contribution in [-0.2, 0) is 6.42 Å². The summed E-state index contributed by atoms with van der Waals surface area (Å²) < 4.78 is 5.66. The topological polar surface area (TPSA) is 38.1 Å². The molecule has 0 amide bonds. The summed E-state index contributed by atoms with van der Waals surface area (Å²) in [5, 5.41) is 3.61. The van der Waals surface area contributed by atoms with Crippen molar-refractivity contribution < 1.29 is 4.42 Å². The van der Waals surface area contributed by atoms with Crippen molar-refractivity contribution in [2.75, 3.05) is 0 Å². The van der Waals surface area contributed by atoms with E-state index in [1.807, 2.05) is 31.3 Å². The van der Waals surface area contributed by atoms with Gasteiger partial charge in [-0.15, -0.1) is 0 Å². The summed E-state index contributed by atoms with van der Waals surface area (Å²) in [5.74, 6) is 1.96. The van der Waals surface area contributed by atoms with E-state index in [9.17, 15) is 0 Å². The van der Waals surface area contributed by atoms with Crippen LogP contribution in [0.2, 0.25) is 0 Å². The first-order valence-electron chi connectivity index (χ1n) is 6.50. The molecule has 0 saturated heterocycles. The molecule has 2 unspecified atom stereocenters. The highest BCUT2D eigenvalue weighted by molar-refractivity contribution is 5.28. The van der Waals surface area contributed by atoms with E-state index in [0.29, 0.717) is 6.04 Å². The van der Waals surface area contributed by atoms with Gasteiger partial charge >= 0.3 is 0 Å². The molecule has 1 aliphatic carbocycles. The number of fused-ring (bicyclic) bond motifs is 1. The van der Waals surface area contributed by atoms with Gasteiger partial charge in [-0.1, -0.05) is 6.07 Å². The van der Waals surface area contributed by atoms with Crippen molar-refractivity contribution in [1.29, 1.82) is 0 Å². The summed E-state index contributed by atoms with van der Waals surface area (Å²) in [6, 6.07) is 8.81. The average Bonchev–Trinajstić information content (AvgIpc) is 2.97. The van der Waals surface area contributed by atoms with E-state index in [-0.39, 0.29) is 6.04 Å². The third-order valence-electron chi connectivity index (χ3n) is 3.60. The molecule has 0 aliphatic heterocycles.